The summed E-state index contributed by atoms with van der Waals surface area (Å²) >= 11 is 0. The number of para-hydroxylation sites is 1. The van der Waals surface area contributed by atoms with Crippen LogP contribution in [-0.2, 0) is 4.74 Å². The van der Waals surface area contributed by atoms with Crippen molar-refractivity contribution in [1.29, 1.82) is 0 Å². The number of carboxylic acid groups (broad SMARTS) is 1. The van der Waals surface area contributed by atoms with E-state index in [0.717, 1.165) is 18.4 Å². The molecule has 0 aliphatic carbocycles. The number of aromatic hydroxyl groups is 1. The van der Waals surface area contributed by atoms with Gasteiger partial charge in [-0.15, -0.1) is 10.2 Å². The van der Waals surface area contributed by atoms with Crippen molar-refractivity contribution in [3.05, 3.63) is 48.3 Å². The van der Waals surface area contributed by atoms with Crippen LogP contribution in [0.25, 0.3) is 11.3 Å². The third-order valence-corrected chi connectivity index (χ3v) is 8.04. The molecular formula is C30H35N7O6. The number of anilines is 2. The van der Waals surface area contributed by atoms with Crippen molar-refractivity contribution >= 4 is 23.7 Å². The molecule has 2 saturated heterocycles. The highest BCUT2D eigenvalue weighted by Gasteiger charge is 2.43. The first kappa shape index (κ1) is 28.4. The third kappa shape index (κ3) is 5.97. The molecule has 43 heavy (non-hydrogen) atoms. The van der Waals surface area contributed by atoms with E-state index in [-0.39, 0.29) is 48.3 Å². The van der Waals surface area contributed by atoms with Crippen molar-refractivity contribution in [1.82, 2.24) is 25.1 Å². The molecule has 2 amide bonds. The smallest absolute Gasteiger partial charge is 0.413 e. The quantitative estimate of drug-likeness (QED) is 0.448. The zero-order valence-electron chi connectivity index (χ0n) is 24.4. The summed E-state index contributed by atoms with van der Waals surface area (Å²) in [4.78, 5) is 38.5. The number of benzene rings is 1. The molecule has 3 aromatic rings. The first-order chi connectivity index (χ1) is 20.6. The molecule has 0 bridgehead atoms. The van der Waals surface area contributed by atoms with Crippen LogP contribution in [0, 0.1) is 0 Å². The molecule has 2 unspecified atom stereocenters. The largest absolute Gasteiger partial charge is 0.507 e. The minimum Gasteiger partial charge on any atom is -0.507 e. The Morgan fingerprint density at radius 3 is 2.42 bits per heavy atom. The highest BCUT2D eigenvalue weighted by molar-refractivity contribution is 5.92. The van der Waals surface area contributed by atoms with E-state index in [1.54, 1.807) is 47.6 Å². The number of rotatable bonds is 4. The van der Waals surface area contributed by atoms with Crippen molar-refractivity contribution in [2.45, 2.75) is 63.7 Å². The number of piperidine rings is 1. The lowest BCUT2D eigenvalue weighted by Gasteiger charge is -2.37. The maximum Gasteiger partial charge on any atom is 0.413 e. The summed E-state index contributed by atoms with van der Waals surface area (Å²) in [5, 5.41) is 28.7. The number of likely N-dealkylation sites (tertiary alicyclic amines) is 1. The van der Waals surface area contributed by atoms with E-state index in [1.807, 2.05) is 20.8 Å². The normalized spacial score (nSPS) is 20.4. The predicted molar refractivity (Wildman–Crippen MR) is 156 cm³/mol. The summed E-state index contributed by atoms with van der Waals surface area (Å²) in [7, 11) is 0. The highest BCUT2D eigenvalue weighted by Crippen LogP contribution is 2.41. The van der Waals surface area contributed by atoms with Gasteiger partial charge in [-0.3, -0.25) is 4.90 Å². The van der Waals surface area contributed by atoms with Gasteiger partial charge in [0, 0.05) is 37.5 Å². The van der Waals surface area contributed by atoms with Gasteiger partial charge in [-0.05, 0) is 63.3 Å². The van der Waals surface area contributed by atoms with Crippen molar-refractivity contribution < 1.29 is 29.3 Å². The molecule has 2 aromatic heterocycles. The van der Waals surface area contributed by atoms with Crippen molar-refractivity contribution in [2.75, 3.05) is 36.0 Å². The highest BCUT2D eigenvalue weighted by atomic mass is 16.6. The molecule has 1 aromatic carbocycles. The Labute approximate surface area is 249 Å². The molecule has 3 aliphatic heterocycles. The average Bonchev–Trinajstić information content (AvgIpc) is 3.39. The van der Waals surface area contributed by atoms with E-state index in [4.69, 9.17) is 9.47 Å². The lowest BCUT2D eigenvalue weighted by atomic mass is 9.91. The average molecular weight is 590 g/mol. The summed E-state index contributed by atoms with van der Waals surface area (Å²) in [6.45, 7) is 7.54. The molecule has 2 atom stereocenters. The number of phenolic OH excluding ortho intramolecular Hbond substituents is 1. The summed E-state index contributed by atoms with van der Waals surface area (Å²) in [5.41, 5.74) is 2.06. The second-order valence-corrected chi connectivity index (χ2v) is 12.2. The third-order valence-electron chi connectivity index (χ3n) is 8.04. The molecule has 2 fully saturated rings. The maximum absolute atomic E-state index is 12.4. The van der Waals surface area contributed by atoms with Crippen LogP contribution >= 0.6 is 0 Å². The molecule has 0 saturated carbocycles. The maximum atomic E-state index is 12.4. The molecule has 3 aliphatic rings. The molecular weight excluding hydrogens is 554 g/mol. The number of nitrogens with zero attached hydrogens (tertiary/aromatic N) is 7. The van der Waals surface area contributed by atoms with Gasteiger partial charge in [-0.2, -0.15) is 0 Å². The minimum atomic E-state index is -1.11. The number of carbonyl (C=O) groups is 2. The van der Waals surface area contributed by atoms with Gasteiger partial charge in [-0.25, -0.2) is 19.6 Å². The topological polar surface area (TPSA) is 154 Å². The van der Waals surface area contributed by atoms with Gasteiger partial charge in [0.05, 0.1) is 30.5 Å². The molecule has 13 heteroatoms. The molecule has 0 radical (unpaired) electrons. The van der Waals surface area contributed by atoms with Crippen LogP contribution in [0.5, 0.6) is 11.8 Å². The number of hydrogen-bond acceptors (Lipinski definition) is 10. The fourth-order valence-corrected chi connectivity index (χ4v) is 5.96. The number of phenols is 1. The Morgan fingerprint density at radius 1 is 1.02 bits per heavy atom. The molecule has 2 N–H and O–H groups in total. The van der Waals surface area contributed by atoms with E-state index in [9.17, 15) is 19.8 Å². The zero-order valence-corrected chi connectivity index (χ0v) is 24.4. The van der Waals surface area contributed by atoms with E-state index in [0.29, 0.717) is 43.0 Å². The first-order valence-electron chi connectivity index (χ1n) is 14.5. The summed E-state index contributed by atoms with van der Waals surface area (Å²) < 4.78 is 11.7. The van der Waals surface area contributed by atoms with Crippen LogP contribution in [0.3, 0.4) is 0 Å². The lowest BCUT2D eigenvalue weighted by molar-refractivity contribution is 0.0204. The van der Waals surface area contributed by atoms with Crippen molar-refractivity contribution in [3.8, 4) is 23.0 Å². The van der Waals surface area contributed by atoms with Gasteiger partial charge in [-0.1, -0.05) is 12.1 Å². The Balaban J connectivity index is 1.12. The van der Waals surface area contributed by atoms with Gasteiger partial charge in [0.25, 0.3) is 0 Å². The van der Waals surface area contributed by atoms with E-state index < -0.39 is 11.7 Å². The van der Waals surface area contributed by atoms with Crippen LogP contribution in [0.1, 0.15) is 51.5 Å². The number of ether oxygens (including phenoxy) is 2. The van der Waals surface area contributed by atoms with Crippen molar-refractivity contribution in [2.24, 2.45) is 0 Å². The van der Waals surface area contributed by atoms with Crippen LogP contribution in [0.2, 0.25) is 0 Å². The molecule has 5 heterocycles. The van der Waals surface area contributed by atoms with Gasteiger partial charge < -0.3 is 29.5 Å². The standard InChI is InChI=1S/C30H35N7O6/c1-30(2,3)43-29(41)35-10-8-18(9-11-35)19-14-31-27(32-15-19)42-21-12-20-16-37(28(39)40)26-24(36(20)17-21)13-23(33-34-26)22-6-4-5-7-25(22)38/h4-7,13-15,18,20-21,38H,8-12,16-17H2,1-3H3,(H,39,40). The Bertz CT molecular complexity index is 1500. The van der Waals surface area contributed by atoms with Crippen molar-refractivity contribution in [3.63, 3.8) is 0 Å². The Morgan fingerprint density at radius 2 is 1.74 bits per heavy atom. The van der Waals surface area contributed by atoms with Crippen LogP contribution in [0.15, 0.2) is 42.7 Å². The monoisotopic (exact) mass is 589 g/mol. The summed E-state index contributed by atoms with van der Waals surface area (Å²) in [6.07, 6.45) is 4.09. The fourth-order valence-electron chi connectivity index (χ4n) is 5.96. The Kier molecular flexibility index (Phi) is 7.40. The van der Waals surface area contributed by atoms with Gasteiger partial charge >= 0.3 is 18.2 Å². The molecule has 6 rings (SSSR count). The number of aromatic nitrogens is 4. The van der Waals surface area contributed by atoms with E-state index in [1.165, 1.54) is 4.90 Å². The molecule has 13 nitrogen and oxygen atoms in total. The minimum absolute atomic E-state index is 0.0658. The number of fused-ring (bicyclic) bond motifs is 3. The Hall–Kier alpha value is -4.68. The molecule has 0 spiro atoms. The van der Waals surface area contributed by atoms with Crippen LogP contribution < -0.4 is 14.5 Å². The number of carbonyl (C=O) groups excluding carboxylic acids is 1. The number of amides is 2. The zero-order chi connectivity index (χ0) is 30.3. The SMILES string of the molecule is CC(C)(C)OC(=O)N1CCC(c2cnc(OC3CC4CN(C(=O)O)c5nnc(-c6ccccc6O)cc5N4C3)nc2)CC1. The van der Waals surface area contributed by atoms with Gasteiger partial charge in [0.1, 0.15) is 17.5 Å². The van der Waals surface area contributed by atoms with Gasteiger partial charge in [0.15, 0.2) is 5.82 Å². The second kappa shape index (κ2) is 11.2. The number of hydrogen-bond donors (Lipinski definition) is 2. The summed E-state index contributed by atoms with van der Waals surface area (Å²) in [6, 6.07) is 8.71. The van der Waals surface area contributed by atoms with E-state index in [2.05, 4.69) is 25.1 Å². The van der Waals surface area contributed by atoms with Gasteiger partial charge in [0.2, 0.25) is 0 Å². The fraction of sp³-hybridized carbons (Fsp3) is 0.467. The second-order valence-electron chi connectivity index (χ2n) is 12.2. The first-order valence-corrected chi connectivity index (χ1v) is 14.5. The summed E-state index contributed by atoms with van der Waals surface area (Å²) in [5.74, 6) is 0.559. The van der Waals surface area contributed by atoms with Crippen LogP contribution in [-0.4, -0.2) is 91.4 Å². The molecule has 226 valence electrons. The predicted octanol–water partition coefficient (Wildman–Crippen LogP) is 4.28. The lowest BCUT2D eigenvalue weighted by Crippen LogP contribution is -2.48. The van der Waals surface area contributed by atoms with E-state index >= 15 is 0 Å². The van der Waals surface area contributed by atoms with Crippen LogP contribution in [0.4, 0.5) is 21.1 Å².